The molecule has 2 saturated heterocycles. The molecule has 3 aliphatic heterocycles. The van der Waals surface area contributed by atoms with Crippen LogP contribution >= 0.6 is 0 Å². The summed E-state index contributed by atoms with van der Waals surface area (Å²) in [6.45, 7) is 5.48. The molecule has 0 aliphatic carbocycles. The number of carbonyl (C=O) groups is 1. The minimum atomic E-state index is -0.0893. The Labute approximate surface area is 143 Å². The van der Waals surface area contributed by atoms with E-state index in [1.54, 1.807) is 0 Å². The number of carbonyl (C=O) groups excluding carboxylic acids is 1. The minimum absolute atomic E-state index is 0.0893. The van der Waals surface area contributed by atoms with Crippen LogP contribution in [0.1, 0.15) is 37.2 Å². The third-order valence-electron chi connectivity index (χ3n) is 5.71. The zero-order chi connectivity index (χ0) is 16.4. The first-order valence-electron chi connectivity index (χ1n) is 9.23. The number of piperazine rings is 1. The fourth-order valence-electron chi connectivity index (χ4n) is 4.37. The normalized spacial score (nSPS) is 25.8. The molecule has 2 fully saturated rings. The van der Waals surface area contributed by atoms with Gasteiger partial charge in [-0.3, -0.25) is 4.79 Å². The quantitative estimate of drug-likeness (QED) is 0.863. The molecule has 1 aromatic carbocycles. The molecule has 1 unspecified atom stereocenters. The Balaban J connectivity index is 1.55. The van der Waals surface area contributed by atoms with Gasteiger partial charge in [0.1, 0.15) is 11.4 Å². The van der Waals surface area contributed by atoms with E-state index in [4.69, 9.17) is 4.74 Å². The molecule has 130 valence electrons. The van der Waals surface area contributed by atoms with Crippen LogP contribution in [0.15, 0.2) is 24.3 Å². The monoisotopic (exact) mass is 329 g/mol. The maximum atomic E-state index is 12.8. The number of benzene rings is 1. The molecule has 1 aromatic rings. The molecular weight excluding hydrogens is 302 g/mol. The number of fused-ring (bicyclic) bond motifs is 1. The van der Waals surface area contributed by atoms with Gasteiger partial charge < -0.3 is 20.3 Å². The van der Waals surface area contributed by atoms with Crippen LogP contribution in [0.4, 0.5) is 0 Å². The van der Waals surface area contributed by atoms with Crippen molar-refractivity contribution in [2.24, 2.45) is 0 Å². The zero-order valence-corrected chi connectivity index (χ0v) is 14.2. The van der Waals surface area contributed by atoms with E-state index < -0.39 is 0 Å². The highest BCUT2D eigenvalue weighted by Crippen LogP contribution is 2.45. The van der Waals surface area contributed by atoms with Gasteiger partial charge in [0.25, 0.3) is 0 Å². The van der Waals surface area contributed by atoms with E-state index in [1.807, 2.05) is 11.0 Å². The molecule has 0 saturated carbocycles. The number of nitrogens with one attached hydrogen (secondary N) is 2. The molecular formula is C19H27N3O2. The smallest absolute Gasteiger partial charge is 0.223 e. The third-order valence-corrected chi connectivity index (χ3v) is 5.71. The molecule has 24 heavy (non-hydrogen) atoms. The summed E-state index contributed by atoms with van der Waals surface area (Å²) in [6, 6.07) is 8.30. The number of rotatable bonds is 2. The topological polar surface area (TPSA) is 53.6 Å². The van der Waals surface area contributed by atoms with Crippen molar-refractivity contribution < 1.29 is 9.53 Å². The lowest BCUT2D eigenvalue weighted by Gasteiger charge is -2.45. The summed E-state index contributed by atoms with van der Waals surface area (Å²) in [5, 5.41) is 6.74. The van der Waals surface area contributed by atoms with Crippen LogP contribution in [-0.4, -0.2) is 55.7 Å². The first-order chi connectivity index (χ1) is 11.8. The number of para-hydroxylation sites is 1. The molecule has 0 aromatic heterocycles. The van der Waals surface area contributed by atoms with Crippen molar-refractivity contribution in [2.75, 3.05) is 39.3 Å². The van der Waals surface area contributed by atoms with Crippen molar-refractivity contribution in [3.8, 4) is 5.75 Å². The second-order valence-electron chi connectivity index (χ2n) is 7.31. The highest BCUT2D eigenvalue weighted by molar-refractivity contribution is 5.77. The molecule has 5 heteroatoms. The number of nitrogens with zero attached hydrogens (tertiary/aromatic N) is 1. The first-order valence-corrected chi connectivity index (χ1v) is 9.23. The summed E-state index contributed by atoms with van der Waals surface area (Å²) in [4.78, 5) is 14.8. The van der Waals surface area contributed by atoms with Gasteiger partial charge in [-0.05, 0) is 44.0 Å². The number of amides is 1. The second-order valence-corrected chi connectivity index (χ2v) is 7.31. The van der Waals surface area contributed by atoms with Crippen molar-refractivity contribution >= 4 is 5.91 Å². The Hall–Kier alpha value is -1.59. The van der Waals surface area contributed by atoms with Crippen LogP contribution in [0.3, 0.4) is 0 Å². The molecule has 5 nitrogen and oxygen atoms in total. The fourth-order valence-corrected chi connectivity index (χ4v) is 4.37. The lowest BCUT2D eigenvalue weighted by atomic mass is 9.76. The van der Waals surface area contributed by atoms with Gasteiger partial charge in [0, 0.05) is 38.5 Å². The first kappa shape index (κ1) is 15.9. The van der Waals surface area contributed by atoms with Crippen LogP contribution in [-0.2, 0) is 4.79 Å². The predicted molar refractivity (Wildman–Crippen MR) is 93.3 cm³/mol. The Bertz CT molecular complexity index is 592. The zero-order valence-electron chi connectivity index (χ0n) is 14.2. The van der Waals surface area contributed by atoms with Gasteiger partial charge in [-0.2, -0.15) is 0 Å². The van der Waals surface area contributed by atoms with Crippen molar-refractivity contribution in [3.05, 3.63) is 29.8 Å². The summed E-state index contributed by atoms with van der Waals surface area (Å²) < 4.78 is 6.44. The highest BCUT2D eigenvalue weighted by atomic mass is 16.5. The highest BCUT2D eigenvalue weighted by Gasteiger charge is 2.42. The average molecular weight is 329 g/mol. The van der Waals surface area contributed by atoms with Crippen LogP contribution in [0.5, 0.6) is 5.75 Å². The maximum absolute atomic E-state index is 12.8. The standard InChI is InChI=1S/C19H27N3O2/c23-18(22-11-9-21-10-12-22)13-15-14-19(5-7-20-8-6-19)24-17-4-2-1-3-16(15)17/h1-4,15,20-21H,5-14H2. The average Bonchev–Trinajstić information content (AvgIpc) is 2.63. The van der Waals surface area contributed by atoms with Gasteiger partial charge in [0.05, 0.1) is 0 Å². The molecule has 0 bridgehead atoms. The predicted octanol–water partition coefficient (Wildman–Crippen LogP) is 1.50. The van der Waals surface area contributed by atoms with Crippen LogP contribution in [0.25, 0.3) is 0 Å². The van der Waals surface area contributed by atoms with E-state index in [1.165, 1.54) is 5.56 Å². The van der Waals surface area contributed by atoms with Gasteiger partial charge >= 0.3 is 0 Å². The van der Waals surface area contributed by atoms with Crippen LogP contribution in [0, 0.1) is 0 Å². The largest absolute Gasteiger partial charge is 0.487 e. The second kappa shape index (κ2) is 6.73. The van der Waals surface area contributed by atoms with E-state index in [-0.39, 0.29) is 11.5 Å². The van der Waals surface area contributed by atoms with Gasteiger partial charge in [-0.25, -0.2) is 0 Å². The van der Waals surface area contributed by atoms with Gasteiger partial charge in [-0.15, -0.1) is 0 Å². The lowest BCUT2D eigenvalue weighted by molar-refractivity contribution is -0.132. The van der Waals surface area contributed by atoms with E-state index >= 15 is 0 Å². The molecule has 0 radical (unpaired) electrons. The molecule has 3 aliphatic rings. The molecule has 1 amide bonds. The fraction of sp³-hybridized carbons (Fsp3) is 0.632. The summed E-state index contributed by atoms with van der Waals surface area (Å²) >= 11 is 0. The third kappa shape index (κ3) is 3.15. The van der Waals surface area contributed by atoms with Crippen molar-refractivity contribution in [3.63, 3.8) is 0 Å². The molecule has 4 rings (SSSR count). The Morgan fingerprint density at radius 3 is 2.62 bits per heavy atom. The molecule has 3 heterocycles. The SMILES string of the molecule is O=C(CC1CC2(CCNCC2)Oc2ccccc21)N1CCNCC1. The van der Waals surface area contributed by atoms with Crippen molar-refractivity contribution in [1.82, 2.24) is 15.5 Å². The van der Waals surface area contributed by atoms with E-state index in [2.05, 4.69) is 28.8 Å². The van der Waals surface area contributed by atoms with Crippen molar-refractivity contribution in [2.45, 2.75) is 37.2 Å². The van der Waals surface area contributed by atoms with Gasteiger partial charge in [0.15, 0.2) is 0 Å². The van der Waals surface area contributed by atoms with Gasteiger partial charge in [-0.1, -0.05) is 18.2 Å². The summed E-state index contributed by atoms with van der Waals surface area (Å²) in [7, 11) is 0. The number of hydrogen-bond donors (Lipinski definition) is 2. The Kier molecular flexibility index (Phi) is 4.46. The van der Waals surface area contributed by atoms with Crippen LogP contribution in [0.2, 0.25) is 0 Å². The Morgan fingerprint density at radius 1 is 1.12 bits per heavy atom. The number of hydrogen-bond acceptors (Lipinski definition) is 4. The summed E-state index contributed by atoms with van der Waals surface area (Å²) in [6.07, 6.45) is 3.62. The lowest BCUT2D eigenvalue weighted by Crippen LogP contribution is -2.50. The molecule has 1 atom stereocenters. The van der Waals surface area contributed by atoms with E-state index in [9.17, 15) is 4.79 Å². The molecule has 1 spiro atoms. The minimum Gasteiger partial charge on any atom is -0.487 e. The maximum Gasteiger partial charge on any atom is 0.223 e. The van der Waals surface area contributed by atoms with E-state index in [0.29, 0.717) is 12.3 Å². The van der Waals surface area contributed by atoms with Crippen LogP contribution < -0.4 is 15.4 Å². The van der Waals surface area contributed by atoms with Crippen molar-refractivity contribution in [1.29, 1.82) is 0 Å². The van der Waals surface area contributed by atoms with Gasteiger partial charge in [0.2, 0.25) is 5.91 Å². The number of piperidine rings is 1. The number of ether oxygens (including phenoxy) is 1. The summed E-state index contributed by atoms with van der Waals surface area (Å²) in [5.41, 5.74) is 1.12. The molecule has 2 N–H and O–H groups in total. The summed E-state index contributed by atoms with van der Waals surface area (Å²) in [5.74, 6) is 1.56. The van der Waals surface area contributed by atoms with E-state index in [0.717, 1.165) is 64.3 Å². The Morgan fingerprint density at radius 2 is 1.83 bits per heavy atom.